The molecule has 0 heteroatoms. The predicted octanol–water partition coefficient (Wildman–Crippen LogP) is 6.73. The van der Waals surface area contributed by atoms with Gasteiger partial charge in [0, 0.05) is 0 Å². The Morgan fingerprint density at radius 2 is 1.00 bits per heavy atom. The second-order valence-corrected chi connectivity index (χ2v) is 5.91. The van der Waals surface area contributed by atoms with Gasteiger partial charge in [0.2, 0.25) is 0 Å². The molecule has 0 heterocycles. The van der Waals surface area contributed by atoms with Crippen LogP contribution in [0.1, 0.15) is 105 Å². The number of unbranched alkanes of at least 4 members (excludes halogenated alkanes) is 4. The fourth-order valence-corrected chi connectivity index (χ4v) is 3.29. The van der Waals surface area contributed by atoms with Gasteiger partial charge in [-0.15, -0.1) is 0 Å². The summed E-state index contributed by atoms with van der Waals surface area (Å²) < 4.78 is 0. The Labute approximate surface area is 111 Å². The van der Waals surface area contributed by atoms with Crippen LogP contribution in [0.2, 0.25) is 0 Å². The zero-order valence-corrected chi connectivity index (χ0v) is 13.0. The van der Waals surface area contributed by atoms with Gasteiger partial charge >= 0.3 is 0 Å². The third-order valence-electron chi connectivity index (χ3n) is 4.18. The summed E-state index contributed by atoms with van der Waals surface area (Å²) in [6.45, 7) is 9.37. The zero-order chi connectivity index (χ0) is 13.0. The first-order chi connectivity index (χ1) is 8.24. The fourth-order valence-electron chi connectivity index (χ4n) is 3.29. The minimum Gasteiger partial charge on any atom is -0.0654 e. The summed E-state index contributed by atoms with van der Waals surface area (Å²) in [5.41, 5.74) is 0.702. The fraction of sp³-hybridized carbons (Fsp3) is 1.00. The van der Waals surface area contributed by atoms with Crippen molar-refractivity contribution >= 4 is 0 Å². The van der Waals surface area contributed by atoms with Crippen molar-refractivity contribution in [2.24, 2.45) is 5.41 Å². The topological polar surface area (TPSA) is 0 Å². The Bertz CT molecular complexity index is 142. The molecule has 0 aliphatic heterocycles. The van der Waals surface area contributed by atoms with E-state index in [0.29, 0.717) is 5.41 Å². The molecule has 0 unspecified atom stereocenters. The molecule has 0 aliphatic rings. The van der Waals surface area contributed by atoms with Crippen LogP contribution in [0.5, 0.6) is 0 Å². The van der Waals surface area contributed by atoms with Gasteiger partial charge in [0.15, 0.2) is 0 Å². The summed E-state index contributed by atoms with van der Waals surface area (Å²) in [5, 5.41) is 0. The quantitative estimate of drug-likeness (QED) is 0.332. The molecule has 0 rings (SSSR count). The second-order valence-electron chi connectivity index (χ2n) is 5.91. The largest absolute Gasteiger partial charge is 0.0654 e. The van der Waals surface area contributed by atoms with E-state index in [1.165, 1.54) is 77.0 Å². The molecule has 0 atom stereocenters. The molecular weight excluding hydrogens is 204 g/mol. The Hall–Kier alpha value is 0. The van der Waals surface area contributed by atoms with Crippen molar-refractivity contribution in [2.75, 3.05) is 0 Å². The molecule has 0 N–H and O–H groups in total. The van der Waals surface area contributed by atoms with Crippen LogP contribution < -0.4 is 0 Å². The van der Waals surface area contributed by atoms with Crippen LogP contribution in [0.3, 0.4) is 0 Å². The molecule has 17 heavy (non-hydrogen) atoms. The van der Waals surface area contributed by atoms with Gasteiger partial charge in [-0.2, -0.15) is 0 Å². The van der Waals surface area contributed by atoms with Crippen molar-refractivity contribution in [3.8, 4) is 0 Å². The molecule has 0 amide bonds. The molecule has 0 radical (unpaired) electrons. The summed E-state index contributed by atoms with van der Waals surface area (Å²) in [5.74, 6) is 0. The average molecular weight is 240 g/mol. The Morgan fingerprint density at radius 1 is 0.471 bits per heavy atom. The number of hydrogen-bond donors (Lipinski definition) is 0. The zero-order valence-electron chi connectivity index (χ0n) is 13.0. The summed E-state index contributed by atoms with van der Waals surface area (Å²) >= 11 is 0. The first kappa shape index (κ1) is 17.0. The van der Waals surface area contributed by atoms with Crippen LogP contribution in [0, 0.1) is 5.41 Å². The Morgan fingerprint density at radius 3 is 1.47 bits per heavy atom. The highest BCUT2D eigenvalue weighted by Gasteiger charge is 2.26. The van der Waals surface area contributed by atoms with Gasteiger partial charge in [0.1, 0.15) is 0 Å². The predicted molar refractivity (Wildman–Crippen MR) is 80.5 cm³/mol. The molecule has 0 saturated heterocycles. The third kappa shape index (κ3) is 7.84. The van der Waals surface area contributed by atoms with E-state index >= 15 is 0 Å². The molecule has 0 aromatic heterocycles. The van der Waals surface area contributed by atoms with Crippen molar-refractivity contribution < 1.29 is 0 Å². The van der Waals surface area contributed by atoms with Gasteiger partial charge in [-0.3, -0.25) is 0 Å². The van der Waals surface area contributed by atoms with E-state index in [1.54, 1.807) is 0 Å². The smallest absolute Gasteiger partial charge is 0.0298 e. The molecule has 0 spiro atoms. The van der Waals surface area contributed by atoms with Gasteiger partial charge in [-0.25, -0.2) is 0 Å². The van der Waals surface area contributed by atoms with E-state index < -0.39 is 0 Å². The summed E-state index contributed by atoms with van der Waals surface area (Å²) in [6, 6.07) is 0. The van der Waals surface area contributed by atoms with E-state index in [2.05, 4.69) is 27.7 Å². The van der Waals surface area contributed by atoms with Crippen LogP contribution in [-0.4, -0.2) is 0 Å². The third-order valence-corrected chi connectivity index (χ3v) is 4.18. The van der Waals surface area contributed by atoms with E-state index in [0.717, 1.165) is 0 Å². The van der Waals surface area contributed by atoms with Crippen molar-refractivity contribution in [1.82, 2.24) is 0 Å². The standard InChI is InChI=1S/C17H36/c1-5-9-11-12-16-17(13-7-3,14-8-4)15-10-6-2/h5-16H2,1-4H3. The first-order valence-electron chi connectivity index (χ1n) is 8.24. The molecule has 104 valence electrons. The molecule has 0 fully saturated rings. The highest BCUT2D eigenvalue weighted by Crippen LogP contribution is 2.40. The first-order valence-corrected chi connectivity index (χ1v) is 8.24. The highest BCUT2D eigenvalue weighted by molar-refractivity contribution is 4.78. The minimum atomic E-state index is 0.702. The molecule has 0 aliphatic carbocycles. The van der Waals surface area contributed by atoms with E-state index in [4.69, 9.17) is 0 Å². The second kappa shape index (κ2) is 11.1. The number of rotatable bonds is 12. The van der Waals surface area contributed by atoms with E-state index in [1.807, 2.05) is 0 Å². The van der Waals surface area contributed by atoms with Gasteiger partial charge in [0.05, 0.1) is 0 Å². The van der Waals surface area contributed by atoms with E-state index in [9.17, 15) is 0 Å². The maximum absolute atomic E-state index is 2.36. The van der Waals surface area contributed by atoms with Crippen molar-refractivity contribution in [3.63, 3.8) is 0 Å². The van der Waals surface area contributed by atoms with Crippen LogP contribution in [0.15, 0.2) is 0 Å². The van der Waals surface area contributed by atoms with Crippen LogP contribution >= 0.6 is 0 Å². The van der Waals surface area contributed by atoms with Crippen molar-refractivity contribution in [2.45, 2.75) is 105 Å². The molecular formula is C17H36. The van der Waals surface area contributed by atoms with Crippen LogP contribution in [0.4, 0.5) is 0 Å². The van der Waals surface area contributed by atoms with Gasteiger partial charge < -0.3 is 0 Å². The lowest BCUT2D eigenvalue weighted by molar-refractivity contribution is 0.182. The summed E-state index contributed by atoms with van der Waals surface area (Å²) in [7, 11) is 0. The normalized spacial score (nSPS) is 12.0. The lowest BCUT2D eigenvalue weighted by atomic mass is 9.72. The van der Waals surface area contributed by atoms with Crippen molar-refractivity contribution in [3.05, 3.63) is 0 Å². The SMILES string of the molecule is CCCCCCC(CCC)(CCC)CCCC. The molecule has 0 bridgehead atoms. The maximum atomic E-state index is 2.36. The van der Waals surface area contributed by atoms with Crippen LogP contribution in [-0.2, 0) is 0 Å². The van der Waals surface area contributed by atoms with Crippen LogP contribution in [0.25, 0.3) is 0 Å². The Kier molecular flexibility index (Phi) is 11.1. The molecule has 0 nitrogen and oxygen atoms in total. The molecule has 0 aromatic carbocycles. The van der Waals surface area contributed by atoms with Gasteiger partial charge in [0.25, 0.3) is 0 Å². The van der Waals surface area contributed by atoms with Crippen molar-refractivity contribution in [1.29, 1.82) is 0 Å². The monoisotopic (exact) mass is 240 g/mol. The molecule has 0 saturated carbocycles. The van der Waals surface area contributed by atoms with Gasteiger partial charge in [-0.05, 0) is 31.1 Å². The maximum Gasteiger partial charge on any atom is -0.0298 e. The molecule has 0 aromatic rings. The van der Waals surface area contributed by atoms with E-state index in [-0.39, 0.29) is 0 Å². The number of hydrogen-bond acceptors (Lipinski definition) is 0. The highest BCUT2D eigenvalue weighted by atomic mass is 14.3. The average Bonchev–Trinajstić information content (AvgIpc) is 2.33. The minimum absolute atomic E-state index is 0.702. The van der Waals surface area contributed by atoms with Gasteiger partial charge in [-0.1, -0.05) is 79.1 Å². The lowest BCUT2D eigenvalue weighted by Crippen LogP contribution is -2.20. The summed E-state index contributed by atoms with van der Waals surface area (Å²) in [4.78, 5) is 0. The lowest BCUT2D eigenvalue weighted by Gasteiger charge is -2.34. The Balaban J connectivity index is 4.20. The summed E-state index contributed by atoms with van der Waals surface area (Å²) in [6.07, 6.45) is 17.2.